The predicted octanol–water partition coefficient (Wildman–Crippen LogP) is 0.774. The van der Waals surface area contributed by atoms with Gasteiger partial charge in [-0.25, -0.2) is 0 Å². The number of aromatic amines is 1. The maximum Gasteiger partial charge on any atom is 0.431 e. The lowest BCUT2D eigenvalue weighted by atomic mass is 10.2. The molecule has 0 aromatic carbocycles. The molecule has 27 heavy (non-hydrogen) atoms. The van der Waals surface area contributed by atoms with Gasteiger partial charge in [0.1, 0.15) is 11.3 Å². The summed E-state index contributed by atoms with van der Waals surface area (Å²) in [6.45, 7) is 3.37. The number of H-pyrrole nitrogens is 1. The first kappa shape index (κ1) is 19.4. The summed E-state index contributed by atoms with van der Waals surface area (Å²) in [5, 5.41) is 0. The highest BCUT2D eigenvalue weighted by Gasteiger charge is 2.33. The fraction of sp³-hybridized carbons (Fsp3) is 0.588. The molecule has 2 fully saturated rings. The van der Waals surface area contributed by atoms with Crippen LogP contribution in [0.2, 0.25) is 0 Å². The first-order valence-corrected chi connectivity index (χ1v) is 8.85. The van der Waals surface area contributed by atoms with Gasteiger partial charge in [-0.15, -0.1) is 0 Å². The fourth-order valence-electron chi connectivity index (χ4n) is 3.37. The molecule has 0 unspecified atom stereocenters. The Morgan fingerprint density at radius 2 is 1.56 bits per heavy atom. The molecule has 0 atom stereocenters. The van der Waals surface area contributed by atoms with Crippen LogP contribution >= 0.6 is 0 Å². The van der Waals surface area contributed by atoms with E-state index in [9.17, 15) is 27.6 Å². The van der Waals surface area contributed by atoms with Crippen LogP contribution in [0.4, 0.5) is 13.2 Å². The van der Waals surface area contributed by atoms with E-state index in [-0.39, 0.29) is 24.6 Å². The van der Waals surface area contributed by atoms with Gasteiger partial charge in [-0.05, 0) is 38.1 Å². The zero-order valence-corrected chi connectivity index (χ0v) is 14.7. The highest BCUT2D eigenvalue weighted by Crippen LogP contribution is 2.26. The Labute approximate surface area is 153 Å². The number of hydrogen-bond acceptors (Lipinski definition) is 4. The standard InChI is InChI=1S/C17H21F3N4O3/c18-17(19,20)13-4-3-12(15(26)21-13)16(27)24-9-7-23(8-10-24)14(25)11-22-5-1-2-6-22/h3-4H,1-2,5-11H2,(H,21,26). The second kappa shape index (κ2) is 7.71. The zero-order valence-electron chi connectivity index (χ0n) is 14.7. The molecule has 3 heterocycles. The number of rotatable bonds is 3. The molecule has 0 saturated carbocycles. The second-order valence-electron chi connectivity index (χ2n) is 6.77. The highest BCUT2D eigenvalue weighted by atomic mass is 19.4. The summed E-state index contributed by atoms with van der Waals surface area (Å²) in [6.07, 6.45) is -2.49. The molecule has 7 nitrogen and oxygen atoms in total. The van der Waals surface area contributed by atoms with Gasteiger partial charge in [-0.3, -0.25) is 19.3 Å². The number of nitrogens with one attached hydrogen (secondary N) is 1. The number of likely N-dealkylation sites (tertiary alicyclic amines) is 1. The third kappa shape index (κ3) is 4.49. The van der Waals surface area contributed by atoms with Gasteiger partial charge >= 0.3 is 6.18 Å². The van der Waals surface area contributed by atoms with Crippen LogP contribution in [0, 0.1) is 0 Å². The third-order valence-corrected chi connectivity index (χ3v) is 4.92. The van der Waals surface area contributed by atoms with Crippen molar-refractivity contribution in [3.63, 3.8) is 0 Å². The molecule has 10 heteroatoms. The molecule has 0 radical (unpaired) electrons. The van der Waals surface area contributed by atoms with Crippen molar-refractivity contribution in [3.8, 4) is 0 Å². The summed E-state index contributed by atoms with van der Waals surface area (Å²) in [5.41, 5.74) is -2.59. The average Bonchev–Trinajstić information content (AvgIpc) is 3.13. The molecule has 1 N–H and O–H groups in total. The summed E-state index contributed by atoms with van der Waals surface area (Å²) in [7, 11) is 0. The van der Waals surface area contributed by atoms with Crippen molar-refractivity contribution in [1.29, 1.82) is 0 Å². The Kier molecular flexibility index (Phi) is 5.54. The maximum atomic E-state index is 12.6. The second-order valence-corrected chi connectivity index (χ2v) is 6.77. The molecule has 0 bridgehead atoms. The van der Waals surface area contributed by atoms with Crippen molar-refractivity contribution in [3.05, 3.63) is 33.7 Å². The number of halogens is 3. The summed E-state index contributed by atoms with van der Waals surface area (Å²) >= 11 is 0. The largest absolute Gasteiger partial charge is 0.431 e. The number of carbonyl (C=O) groups is 2. The van der Waals surface area contributed by atoms with E-state index in [1.807, 2.05) is 0 Å². The molecule has 2 aliphatic heterocycles. The van der Waals surface area contributed by atoms with Crippen molar-refractivity contribution < 1.29 is 22.8 Å². The molecule has 2 saturated heterocycles. The smallest absolute Gasteiger partial charge is 0.338 e. The van der Waals surface area contributed by atoms with Crippen molar-refractivity contribution in [2.75, 3.05) is 45.8 Å². The lowest BCUT2D eigenvalue weighted by Gasteiger charge is -2.35. The van der Waals surface area contributed by atoms with Crippen LogP contribution in [-0.4, -0.2) is 77.3 Å². The first-order chi connectivity index (χ1) is 12.8. The van der Waals surface area contributed by atoms with Crippen LogP contribution in [0.3, 0.4) is 0 Å². The van der Waals surface area contributed by atoms with Crippen LogP contribution < -0.4 is 5.56 Å². The van der Waals surface area contributed by atoms with Crippen molar-refractivity contribution in [1.82, 2.24) is 19.7 Å². The molecule has 2 aliphatic rings. The number of nitrogens with zero attached hydrogens (tertiary/aromatic N) is 3. The van der Waals surface area contributed by atoms with Gasteiger partial charge in [0.2, 0.25) is 5.91 Å². The molecule has 1 aromatic heterocycles. The molecule has 1 aromatic rings. The molecule has 148 valence electrons. The van der Waals surface area contributed by atoms with Gasteiger partial charge in [-0.2, -0.15) is 13.2 Å². The normalized spacial score (nSPS) is 18.8. The van der Waals surface area contributed by atoms with Crippen molar-refractivity contribution in [2.24, 2.45) is 0 Å². The van der Waals surface area contributed by atoms with Gasteiger partial charge in [0.15, 0.2) is 0 Å². The van der Waals surface area contributed by atoms with Gasteiger partial charge in [0.05, 0.1) is 6.54 Å². The lowest BCUT2D eigenvalue weighted by Crippen LogP contribution is -2.53. The Morgan fingerprint density at radius 1 is 0.963 bits per heavy atom. The van der Waals surface area contributed by atoms with E-state index < -0.39 is 23.3 Å². The Morgan fingerprint density at radius 3 is 2.11 bits per heavy atom. The Bertz CT molecular complexity index is 763. The van der Waals surface area contributed by atoms with E-state index in [0.717, 1.165) is 32.0 Å². The quantitative estimate of drug-likeness (QED) is 0.833. The third-order valence-electron chi connectivity index (χ3n) is 4.92. The highest BCUT2D eigenvalue weighted by molar-refractivity contribution is 5.94. The van der Waals surface area contributed by atoms with Crippen molar-refractivity contribution >= 4 is 11.8 Å². The van der Waals surface area contributed by atoms with Crippen LogP contribution in [0.1, 0.15) is 28.9 Å². The van der Waals surface area contributed by atoms with E-state index in [1.165, 1.54) is 4.90 Å². The maximum absolute atomic E-state index is 12.6. The summed E-state index contributed by atoms with van der Waals surface area (Å²) in [6, 6.07) is 1.58. The summed E-state index contributed by atoms with van der Waals surface area (Å²) in [5.74, 6) is -0.618. The van der Waals surface area contributed by atoms with Gasteiger partial charge in [0, 0.05) is 26.2 Å². The number of hydrogen-bond donors (Lipinski definition) is 1. The average molecular weight is 386 g/mol. The molecular formula is C17H21F3N4O3. The zero-order chi connectivity index (χ0) is 19.6. The first-order valence-electron chi connectivity index (χ1n) is 8.85. The fourth-order valence-corrected chi connectivity index (χ4v) is 3.37. The number of piperazine rings is 1. The van der Waals surface area contributed by atoms with Crippen LogP contribution in [-0.2, 0) is 11.0 Å². The van der Waals surface area contributed by atoms with Gasteiger partial charge in [0.25, 0.3) is 11.5 Å². The minimum Gasteiger partial charge on any atom is -0.338 e. The molecule has 2 amide bonds. The van der Waals surface area contributed by atoms with Crippen LogP contribution in [0.5, 0.6) is 0 Å². The van der Waals surface area contributed by atoms with E-state index in [0.29, 0.717) is 25.7 Å². The number of carbonyl (C=O) groups excluding carboxylic acids is 2. The van der Waals surface area contributed by atoms with Crippen LogP contribution in [0.15, 0.2) is 16.9 Å². The van der Waals surface area contributed by atoms with E-state index >= 15 is 0 Å². The SMILES string of the molecule is O=C(CN1CCCC1)N1CCN(C(=O)c2ccc(C(F)(F)F)[nH]c2=O)CC1. The lowest BCUT2D eigenvalue weighted by molar-refractivity contribution is -0.141. The summed E-state index contributed by atoms with van der Waals surface area (Å²) < 4.78 is 37.8. The van der Waals surface area contributed by atoms with Gasteiger partial charge < -0.3 is 14.8 Å². The van der Waals surface area contributed by atoms with Gasteiger partial charge in [-0.1, -0.05) is 0 Å². The van der Waals surface area contributed by atoms with Crippen molar-refractivity contribution in [2.45, 2.75) is 19.0 Å². The molecule has 0 aliphatic carbocycles. The predicted molar refractivity (Wildman–Crippen MR) is 90.2 cm³/mol. The number of amides is 2. The number of alkyl halides is 3. The molecule has 0 spiro atoms. The minimum absolute atomic E-state index is 0.0105. The Hall–Kier alpha value is -2.36. The monoisotopic (exact) mass is 386 g/mol. The number of pyridine rings is 1. The van der Waals surface area contributed by atoms with Crippen LogP contribution in [0.25, 0.3) is 0 Å². The van der Waals surface area contributed by atoms with E-state index in [1.54, 1.807) is 9.88 Å². The Balaban J connectivity index is 1.58. The molecule has 3 rings (SSSR count). The number of aromatic nitrogens is 1. The molecular weight excluding hydrogens is 365 g/mol. The topological polar surface area (TPSA) is 76.7 Å². The summed E-state index contributed by atoms with van der Waals surface area (Å²) in [4.78, 5) is 43.5. The van der Waals surface area contributed by atoms with E-state index in [2.05, 4.69) is 4.90 Å². The minimum atomic E-state index is -4.68. The van der Waals surface area contributed by atoms with E-state index in [4.69, 9.17) is 0 Å².